The molecular formula is C10H14N2S. The van der Waals surface area contributed by atoms with Crippen LogP contribution in [0.15, 0.2) is 12.4 Å². The van der Waals surface area contributed by atoms with Gasteiger partial charge in [0, 0.05) is 24.2 Å². The number of nitrogens with zero attached hydrogens (tertiary/aromatic N) is 1. The van der Waals surface area contributed by atoms with Gasteiger partial charge in [-0.25, -0.2) is 0 Å². The van der Waals surface area contributed by atoms with E-state index in [1.807, 2.05) is 31.1 Å². The summed E-state index contributed by atoms with van der Waals surface area (Å²) in [6.45, 7) is 2.03. The van der Waals surface area contributed by atoms with Crippen molar-refractivity contribution < 1.29 is 0 Å². The molecule has 13 heavy (non-hydrogen) atoms. The molecule has 1 aliphatic rings. The highest BCUT2D eigenvalue weighted by atomic mass is 32.2. The maximum absolute atomic E-state index is 5.89. The fraction of sp³-hybridized carbons (Fsp3) is 0.500. The molecule has 2 nitrogen and oxygen atoms in total. The minimum atomic E-state index is 0.116. The zero-order valence-corrected chi connectivity index (χ0v) is 8.60. The number of rotatable bonds is 1. The van der Waals surface area contributed by atoms with Crippen molar-refractivity contribution in [2.45, 2.75) is 25.1 Å². The van der Waals surface area contributed by atoms with Crippen molar-refractivity contribution in [2.75, 3.05) is 5.75 Å². The van der Waals surface area contributed by atoms with Gasteiger partial charge in [-0.2, -0.15) is 11.8 Å². The van der Waals surface area contributed by atoms with Gasteiger partial charge in [-0.1, -0.05) is 0 Å². The molecule has 1 aromatic rings. The van der Waals surface area contributed by atoms with Gasteiger partial charge in [0.25, 0.3) is 0 Å². The Balaban J connectivity index is 2.46. The molecule has 0 saturated carbocycles. The fourth-order valence-electron chi connectivity index (χ4n) is 1.73. The Morgan fingerprint density at radius 1 is 1.54 bits per heavy atom. The average molecular weight is 194 g/mol. The van der Waals surface area contributed by atoms with Gasteiger partial charge in [0.2, 0.25) is 0 Å². The predicted octanol–water partition coefficient (Wildman–Crippen LogP) is 1.89. The van der Waals surface area contributed by atoms with Crippen molar-refractivity contribution in [3.05, 3.63) is 29.1 Å². The summed E-state index contributed by atoms with van der Waals surface area (Å²) in [7, 11) is 0. The minimum Gasteiger partial charge on any atom is -0.324 e. The van der Waals surface area contributed by atoms with Gasteiger partial charge in [0.15, 0.2) is 0 Å². The van der Waals surface area contributed by atoms with Crippen LogP contribution >= 0.6 is 11.8 Å². The number of thioether (sulfide) groups is 1. The molecule has 1 unspecified atom stereocenters. The van der Waals surface area contributed by atoms with Crippen LogP contribution < -0.4 is 5.73 Å². The third-order valence-electron chi connectivity index (χ3n) is 2.42. The normalized spacial score (nSPS) is 18.0. The van der Waals surface area contributed by atoms with Crippen LogP contribution in [0, 0.1) is 0 Å². The molecule has 0 amide bonds. The van der Waals surface area contributed by atoms with Crippen LogP contribution in [0.3, 0.4) is 0 Å². The minimum absolute atomic E-state index is 0.116. The number of aromatic nitrogens is 1. The van der Waals surface area contributed by atoms with E-state index in [4.69, 9.17) is 5.73 Å². The lowest BCUT2D eigenvalue weighted by Crippen LogP contribution is -2.13. The topological polar surface area (TPSA) is 38.9 Å². The van der Waals surface area contributed by atoms with Crippen LogP contribution in [-0.2, 0) is 12.2 Å². The molecule has 2 rings (SSSR count). The Kier molecular flexibility index (Phi) is 2.56. The summed E-state index contributed by atoms with van der Waals surface area (Å²) in [4.78, 5) is 4.23. The quantitative estimate of drug-likeness (QED) is 0.742. The molecule has 1 aliphatic heterocycles. The third kappa shape index (κ3) is 1.71. The highest BCUT2D eigenvalue weighted by Crippen LogP contribution is 2.28. The van der Waals surface area contributed by atoms with E-state index in [1.54, 1.807) is 0 Å². The van der Waals surface area contributed by atoms with Gasteiger partial charge in [-0.15, -0.1) is 0 Å². The molecule has 2 heterocycles. The highest BCUT2D eigenvalue weighted by molar-refractivity contribution is 7.98. The van der Waals surface area contributed by atoms with E-state index >= 15 is 0 Å². The van der Waals surface area contributed by atoms with Crippen molar-refractivity contribution in [3.8, 4) is 0 Å². The van der Waals surface area contributed by atoms with Crippen molar-refractivity contribution in [3.63, 3.8) is 0 Å². The molecule has 3 heteroatoms. The largest absolute Gasteiger partial charge is 0.324 e. The van der Waals surface area contributed by atoms with Gasteiger partial charge in [-0.3, -0.25) is 4.98 Å². The Bertz CT molecular complexity index is 310. The second-order valence-electron chi connectivity index (χ2n) is 3.46. The van der Waals surface area contributed by atoms with E-state index in [0.717, 1.165) is 12.2 Å². The second kappa shape index (κ2) is 3.68. The zero-order chi connectivity index (χ0) is 9.26. The Hall–Kier alpha value is -0.540. The first-order valence-electron chi connectivity index (χ1n) is 4.58. The molecule has 1 aromatic heterocycles. The van der Waals surface area contributed by atoms with Gasteiger partial charge in [0.1, 0.15) is 0 Å². The van der Waals surface area contributed by atoms with Crippen LogP contribution in [-0.4, -0.2) is 10.7 Å². The van der Waals surface area contributed by atoms with E-state index in [2.05, 4.69) is 4.98 Å². The molecule has 0 radical (unpaired) electrons. The van der Waals surface area contributed by atoms with Gasteiger partial charge in [0.05, 0.1) is 0 Å². The van der Waals surface area contributed by atoms with Crippen molar-refractivity contribution in [1.29, 1.82) is 0 Å². The standard InChI is InChI=1S/C10H14N2S/c1-7(11)10-5-12-4-8-6-13-3-2-9(8)10/h4-5,7H,2-3,6,11H2,1H3. The van der Waals surface area contributed by atoms with Gasteiger partial charge >= 0.3 is 0 Å². The van der Waals surface area contributed by atoms with Gasteiger partial charge < -0.3 is 5.73 Å². The number of fused-ring (bicyclic) bond motifs is 1. The molecule has 2 N–H and O–H groups in total. The van der Waals surface area contributed by atoms with Crippen LogP contribution in [0.1, 0.15) is 29.7 Å². The summed E-state index contributed by atoms with van der Waals surface area (Å²) in [5, 5.41) is 0. The van der Waals surface area contributed by atoms with Crippen LogP contribution in [0.5, 0.6) is 0 Å². The van der Waals surface area contributed by atoms with E-state index in [1.165, 1.54) is 22.4 Å². The molecule has 70 valence electrons. The third-order valence-corrected chi connectivity index (χ3v) is 3.43. The van der Waals surface area contributed by atoms with Crippen LogP contribution in [0.25, 0.3) is 0 Å². The summed E-state index contributed by atoms with van der Waals surface area (Å²) < 4.78 is 0. The lowest BCUT2D eigenvalue weighted by atomic mass is 9.98. The first-order valence-corrected chi connectivity index (χ1v) is 5.73. The smallest absolute Gasteiger partial charge is 0.0318 e. The lowest BCUT2D eigenvalue weighted by Gasteiger charge is -2.19. The molecule has 0 spiro atoms. The highest BCUT2D eigenvalue weighted by Gasteiger charge is 2.15. The average Bonchev–Trinajstić information content (AvgIpc) is 2.17. The Labute approximate surface area is 82.9 Å². The predicted molar refractivity (Wildman–Crippen MR) is 56.7 cm³/mol. The summed E-state index contributed by atoms with van der Waals surface area (Å²) in [6.07, 6.45) is 5.05. The molecule has 0 aromatic carbocycles. The van der Waals surface area contributed by atoms with Crippen LogP contribution in [0.4, 0.5) is 0 Å². The number of pyridine rings is 1. The van der Waals surface area contributed by atoms with E-state index < -0.39 is 0 Å². The molecule has 0 bridgehead atoms. The van der Waals surface area contributed by atoms with Gasteiger partial charge in [-0.05, 0) is 35.8 Å². The van der Waals surface area contributed by atoms with Crippen molar-refractivity contribution in [1.82, 2.24) is 4.98 Å². The molecule has 1 atom stereocenters. The molecule has 0 aliphatic carbocycles. The van der Waals surface area contributed by atoms with E-state index in [9.17, 15) is 0 Å². The number of hydrogen-bond acceptors (Lipinski definition) is 3. The maximum atomic E-state index is 5.89. The monoisotopic (exact) mass is 194 g/mol. The van der Waals surface area contributed by atoms with Crippen molar-refractivity contribution in [2.24, 2.45) is 5.73 Å². The number of hydrogen-bond donors (Lipinski definition) is 1. The second-order valence-corrected chi connectivity index (χ2v) is 4.56. The maximum Gasteiger partial charge on any atom is 0.0318 e. The van der Waals surface area contributed by atoms with E-state index in [0.29, 0.717) is 0 Å². The summed E-state index contributed by atoms with van der Waals surface area (Å²) in [5.74, 6) is 2.32. The summed E-state index contributed by atoms with van der Waals surface area (Å²) >= 11 is 1.98. The first-order chi connectivity index (χ1) is 6.29. The Morgan fingerprint density at radius 3 is 3.15 bits per heavy atom. The molecule has 0 fully saturated rings. The summed E-state index contributed by atoms with van der Waals surface area (Å²) in [5.41, 5.74) is 9.95. The summed E-state index contributed by atoms with van der Waals surface area (Å²) in [6, 6.07) is 0.116. The fourth-order valence-corrected chi connectivity index (χ4v) is 2.69. The van der Waals surface area contributed by atoms with E-state index in [-0.39, 0.29) is 6.04 Å². The van der Waals surface area contributed by atoms with Crippen molar-refractivity contribution >= 4 is 11.8 Å². The molecular weight excluding hydrogens is 180 g/mol. The Morgan fingerprint density at radius 2 is 2.38 bits per heavy atom. The zero-order valence-electron chi connectivity index (χ0n) is 7.79. The lowest BCUT2D eigenvalue weighted by molar-refractivity contribution is 0.788. The van der Waals surface area contributed by atoms with Crippen LogP contribution in [0.2, 0.25) is 0 Å². The SMILES string of the molecule is CC(N)c1cncc2c1CCSC2. The molecule has 0 saturated heterocycles. The first kappa shape index (κ1) is 9.03. The number of nitrogens with two attached hydrogens (primary N) is 1.